The minimum atomic E-state index is -0.0408. The normalized spacial score (nSPS) is 20.4. The Morgan fingerprint density at radius 2 is 2.35 bits per heavy atom. The first-order valence-electron chi connectivity index (χ1n) is 5.60. The smallest absolute Gasteiger partial charge is 0.254 e. The summed E-state index contributed by atoms with van der Waals surface area (Å²) in [6, 6.07) is 4.72. The summed E-state index contributed by atoms with van der Waals surface area (Å²) in [5, 5.41) is 12.8. The van der Waals surface area contributed by atoms with Crippen LogP contribution in [0.2, 0.25) is 5.02 Å². The topological polar surface area (TPSA) is 52.6 Å². The first-order chi connectivity index (χ1) is 8.09. The molecular weight excluding hydrogens is 240 g/mol. The number of carbonyl (C=O) groups is 1. The van der Waals surface area contributed by atoms with Gasteiger partial charge in [0.1, 0.15) is 5.75 Å². The van der Waals surface area contributed by atoms with E-state index in [-0.39, 0.29) is 22.7 Å². The zero-order chi connectivity index (χ0) is 12.4. The van der Waals surface area contributed by atoms with Crippen molar-refractivity contribution in [3.63, 3.8) is 0 Å². The molecule has 1 aliphatic heterocycles. The highest BCUT2D eigenvalue weighted by atomic mass is 35.5. The van der Waals surface area contributed by atoms with Crippen LogP contribution in [0, 0.1) is 0 Å². The van der Waals surface area contributed by atoms with E-state index in [0.717, 1.165) is 13.1 Å². The highest BCUT2D eigenvalue weighted by Crippen LogP contribution is 2.24. The molecule has 0 aliphatic carbocycles. The highest BCUT2D eigenvalue weighted by Gasteiger charge is 2.24. The zero-order valence-corrected chi connectivity index (χ0v) is 10.4. The first kappa shape index (κ1) is 12.2. The number of benzene rings is 1. The number of hydrogen-bond acceptors (Lipinski definition) is 3. The summed E-state index contributed by atoms with van der Waals surface area (Å²) < 4.78 is 0. The predicted octanol–water partition coefficient (Wildman–Crippen LogP) is 1.48. The Balaban J connectivity index is 2.21. The van der Waals surface area contributed by atoms with E-state index in [1.54, 1.807) is 6.07 Å². The van der Waals surface area contributed by atoms with Crippen molar-refractivity contribution in [2.45, 2.75) is 13.0 Å². The van der Waals surface area contributed by atoms with Crippen LogP contribution < -0.4 is 5.32 Å². The van der Waals surface area contributed by atoms with E-state index >= 15 is 0 Å². The summed E-state index contributed by atoms with van der Waals surface area (Å²) in [6.07, 6.45) is 0. The molecule has 0 aromatic heterocycles. The van der Waals surface area contributed by atoms with Crippen LogP contribution >= 0.6 is 11.6 Å². The molecule has 1 aromatic rings. The molecule has 1 amide bonds. The standard InChI is InChI=1S/C12H15ClN2O2/c1-8-7-14-4-5-15(8)12(17)9-2-3-11(16)10(13)6-9/h2-3,6,8,14,16H,4-5,7H2,1H3/t8-/m0/s1. The number of nitrogens with zero attached hydrogens (tertiary/aromatic N) is 1. The minimum Gasteiger partial charge on any atom is -0.506 e. The van der Waals surface area contributed by atoms with Crippen LogP contribution in [-0.4, -0.2) is 41.6 Å². The number of phenolic OH excluding ortho intramolecular Hbond substituents is 1. The van der Waals surface area contributed by atoms with Gasteiger partial charge < -0.3 is 15.3 Å². The van der Waals surface area contributed by atoms with Crippen LogP contribution in [0.1, 0.15) is 17.3 Å². The number of nitrogens with one attached hydrogen (secondary N) is 1. The Labute approximate surface area is 105 Å². The van der Waals surface area contributed by atoms with Crippen molar-refractivity contribution in [3.8, 4) is 5.75 Å². The molecule has 0 unspecified atom stereocenters. The number of phenols is 1. The van der Waals surface area contributed by atoms with Gasteiger partial charge in [0.2, 0.25) is 0 Å². The van der Waals surface area contributed by atoms with E-state index in [2.05, 4.69) is 5.32 Å². The Hall–Kier alpha value is -1.26. The lowest BCUT2D eigenvalue weighted by molar-refractivity contribution is 0.0656. The van der Waals surface area contributed by atoms with Gasteiger partial charge in [-0.3, -0.25) is 4.79 Å². The fourth-order valence-corrected chi connectivity index (χ4v) is 2.13. The number of carbonyl (C=O) groups excluding carboxylic acids is 1. The molecule has 1 fully saturated rings. The Kier molecular flexibility index (Phi) is 3.54. The highest BCUT2D eigenvalue weighted by molar-refractivity contribution is 6.32. The van der Waals surface area contributed by atoms with Crippen LogP contribution in [0.3, 0.4) is 0 Å². The third-order valence-corrected chi connectivity index (χ3v) is 3.26. The van der Waals surface area contributed by atoms with E-state index in [1.807, 2.05) is 11.8 Å². The lowest BCUT2D eigenvalue weighted by atomic mass is 10.1. The zero-order valence-electron chi connectivity index (χ0n) is 9.61. The summed E-state index contributed by atoms with van der Waals surface area (Å²) in [5.41, 5.74) is 0.515. The average molecular weight is 255 g/mol. The second kappa shape index (κ2) is 4.94. The summed E-state index contributed by atoms with van der Waals surface area (Å²) in [6.45, 7) is 4.31. The second-order valence-corrected chi connectivity index (χ2v) is 4.63. The minimum absolute atomic E-state index is 0.00317. The Bertz CT molecular complexity index is 437. The number of amides is 1. The van der Waals surface area contributed by atoms with Gasteiger partial charge in [-0.15, -0.1) is 0 Å². The molecule has 5 heteroatoms. The van der Waals surface area contributed by atoms with Crippen molar-refractivity contribution < 1.29 is 9.90 Å². The van der Waals surface area contributed by atoms with Gasteiger partial charge in [0.05, 0.1) is 5.02 Å². The molecule has 1 aliphatic rings. The summed E-state index contributed by atoms with van der Waals surface area (Å²) in [4.78, 5) is 14.1. The lowest BCUT2D eigenvalue weighted by Crippen LogP contribution is -2.52. The molecule has 1 aromatic carbocycles. The van der Waals surface area contributed by atoms with Crippen LogP contribution in [0.15, 0.2) is 18.2 Å². The molecular formula is C12H15ClN2O2. The maximum atomic E-state index is 12.2. The van der Waals surface area contributed by atoms with E-state index in [4.69, 9.17) is 11.6 Å². The summed E-state index contributed by atoms with van der Waals surface area (Å²) >= 11 is 5.80. The molecule has 1 heterocycles. The molecule has 1 atom stereocenters. The van der Waals surface area contributed by atoms with Crippen molar-refractivity contribution in [3.05, 3.63) is 28.8 Å². The van der Waals surface area contributed by atoms with Crippen molar-refractivity contribution in [1.82, 2.24) is 10.2 Å². The van der Waals surface area contributed by atoms with Crippen LogP contribution in [-0.2, 0) is 0 Å². The quantitative estimate of drug-likeness (QED) is 0.798. The van der Waals surface area contributed by atoms with Gasteiger partial charge >= 0.3 is 0 Å². The van der Waals surface area contributed by atoms with Gasteiger partial charge in [0.25, 0.3) is 5.91 Å². The van der Waals surface area contributed by atoms with Crippen molar-refractivity contribution >= 4 is 17.5 Å². The molecule has 2 N–H and O–H groups in total. The van der Waals surface area contributed by atoms with E-state index in [1.165, 1.54) is 12.1 Å². The largest absolute Gasteiger partial charge is 0.506 e. The third-order valence-electron chi connectivity index (χ3n) is 2.96. The summed E-state index contributed by atoms with van der Waals surface area (Å²) in [5.74, 6) is -0.0440. The molecule has 0 spiro atoms. The molecule has 0 bridgehead atoms. The van der Waals surface area contributed by atoms with Gasteiger partial charge in [-0.1, -0.05) is 11.6 Å². The average Bonchev–Trinajstić information content (AvgIpc) is 2.32. The molecule has 0 saturated carbocycles. The number of piperazine rings is 1. The number of halogens is 1. The lowest BCUT2D eigenvalue weighted by Gasteiger charge is -2.34. The fraction of sp³-hybridized carbons (Fsp3) is 0.417. The summed E-state index contributed by atoms with van der Waals surface area (Å²) in [7, 11) is 0. The van der Waals surface area contributed by atoms with Gasteiger partial charge in [0, 0.05) is 31.2 Å². The van der Waals surface area contributed by atoms with Crippen molar-refractivity contribution in [1.29, 1.82) is 0 Å². The molecule has 2 rings (SSSR count). The van der Waals surface area contributed by atoms with Crippen molar-refractivity contribution in [2.75, 3.05) is 19.6 Å². The molecule has 4 nitrogen and oxygen atoms in total. The SMILES string of the molecule is C[C@H]1CNCCN1C(=O)c1ccc(O)c(Cl)c1. The number of aromatic hydroxyl groups is 1. The first-order valence-corrected chi connectivity index (χ1v) is 5.97. The van der Waals surface area contributed by atoms with Crippen LogP contribution in [0.25, 0.3) is 0 Å². The second-order valence-electron chi connectivity index (χ2n) is 4.22. The Morgan fingerprint density at radius 1 is 1.59 bits per heavy atom. The number of hydrogen-bond donors (Lipinski definition) is 2. The van der Waals surface area contributed by atoms with Crippen LogP contribution in [0.5, 0.6) is 5.75 Å². The van der Waals surface area contributed by atoms with Gasteiger partial charge in [-0.25, -0.2) is 0 Å². The maximum Gasteiger partial charge on any atom is 0.254 e. The van der Waals surface area contributed by atoms with E-state index < -0.39 is 0 Å². The van der Waals surface area contributed by atoms with Gasteiger partial charge in [0.15, 0.2) is 0 Å². The third kappa shape index (κ3) is 2.53. The molecule has 0 radical (unpaired) electrons. The molecule has 1 saturated heterocycles. The fourth-order valence-electron chi connectivity index (χ4n) is 1.95. The van der Waals surface area contributed by atoms with Gasteiger partial charge in [-0.05, 0) is 25.1 Å². The van der Waals surface area contributed by atoms with Gasteiger partial charge in [-0.2, -0.15) is 0 Å². The Morgan fingerprint density at radius 3 is 3.00 bits per heavy atom. The van der Waals surface area contributed by atoms with E-state index in [0.29, 0.717) is 12.1 Å². The van der Waals surface area contributed by atoms with Crippen LogP contribution in [0.4, 0.5) is 0 Å². The monoisotopic (exact) mass is 254 g/mol. The maximum absolute atomic E-state index is 12.2. The predicted molar refractivity (Wildman–Crippen MR) is 66.5 cm³/mol. The van der Waals surface area contributed by atoms with Crippen molar-refractivity contribution in [2.24, 2.45) is 0 Å². The molecule has 17 heavy (non-hydrogen) atoms. The van der Waals surface area contributed by atoms with E-state index in [9.17, 15) is 9.90 Å². The molecule has 92 valence electrons. The number of rotatable bonds is 1.